The molecule has 3 nitrogen and oxygen atoms in total. The molecule has 0 saturated heterocycles. The van der Waals surface area contributed by atoms with Gasteiger partial charge in [-0.3, -0.25) is 0 Å². The third kappa shape index (κ3) is 3.40. The standard InChI is InChI=1S/C16H27NO2/c1-4-16(5-2,11-18)10-17-9-13-6-7-15(19-13)14-8-12(14)3/h6-7,12,14,17-18H,4-5,8-11H2,1-3H3. The van der Waals surface area contributed by atoms with Gasteiger partial charge in [0.25, 0.3) is 0 Å². The summed E-state index contributed by atoms with van der Waals surface area (Å²) in [6.07, 6.45) is 3.26. The molecule has 0 aliphatic heterocycles. The molecular formula is C16H27NO2. The van der Waals surface area contributed by atoms with Gasteiger partial charge in [-0.05, 0) is 37.3 Å². The summed E-state index contributed by atoms with van der Waals surface area (Å²) >= 11 is 0. The number of hydrogen-bond acceptors (Lipinski definition) is 3. The zero-order valence-electron chi connectivity index (χ0n) is 12.4. The van der Waals surface area contributed by atoms with Gasteiger partial charge in [0.05, 0.1) is 6.54 Å². The fraction of sp³-hybridized carbons (Fsp3) is 0.750. The molecule has 2 N–H and O–H groups in total. The molecule has 1 saturated carbocycles. The summed E-state index contributed by atoms with van der Waals surface area (Å²) in [5.41, 5.74) is 0.0143. The SMILES string of the molecule is CCC(CC)(CO)CNCc1ccc(C2CC2C)o1. The fourth-order valence-corrected chi connectivity index (χ4v) is 2.64. The van der Waals surface area contributed by atoms with Crippen molar-refractivity contribution in [3.05, 3.63) is 23.7 Å². The van der Waals surface area contributed by atoms with Crippen LogP contribution in [-0.2, 0) is 6.54 Å². The molecule has 1 aliphatic carbocycles. The Labute approximate surface area is 116 Å². The molecule has 1 aromatic rings. The summed E-state index contributed by atoms with van der Waals surface area (Å²) in [5, 5.41) is 13.0. The van der Waals surface area contributed by atoms with E-state index >= 15 is 0 Å². The molecule has 1 aromatic heterocycles. The van der Waals surface area contributed by atoms with Crippen LogP contribution in [-0.4, -0.2) is 18.3 Å². The molecule has 2 rings (SSSR count). The summed E-state index contributed by atoms with van der Waals surface area (Å²) in [6.45, 7) is 8.39. The van der Waals surface area contributed by atoms with Crippen molar-refractivity contribution in [1.29, 1.82) is 0 Å². The second-order valence-corrected chi connectivity index (χ2v) is 6.09. The van der Waals surface area contributed by atoms with Crippen LogP contribution in [0.3, 0.4) is 0 Å². The molecule has 2 atom stereocenters. The van der Waals surface area contributed by atoms with Crippen LogP contribution in [0.2, 0.25) is 0 Å². The maximum Gasteiger partial charge on any atom is 0.117 e. The van der Waals surface area contributed by atoms with Crippen molar-refractivity contribution in [3.63, 3.8) is 0 Å². The quantitative estimate of drug-likeness (QED) is 0.758. The first-order valence-corrected chi connectivity index (χ1v) is 7.54. The minimum Gasteiger partial charge on any atom is -0.464 e. The minimum atomic E-state index is 0.0143. The van der Waals surface area contributed by atoms with E-state index in [4.69, 9.17) is 4.42 Å². The average Bonchev–Trinajstić information content (AvgIpc) is 2.99. The van der Waals surface area contributed by atoms with Crippen LogP contribution < -0.4 is 5.32 Å². The molecule has 2 unspecified atom stereocenters. The number of hydrogen-bond donors (Lipinski definition) is 2. The van der Waals surface area contributed by atoms with Crippen LogP contribution in [0, 0.1) is 11.3 Å². The molecule has 0 bridgehead atoms. The van der Waals surface area contributed by atoms with Crippen LogP contribution in [0.1, 0.15) is 57.5 Å². The van der Waals surface area contributed by atoms with Crippen molar-refractivity contribution in [2.45, 2.75) is 52.5 Å². The summed E-state index contributed by atoms with van der Waals surface area (Å²) < 4.78 is 5.87. The lowest BCUT2D eigenvalue weighted by atomic mass is 9.83. The molecule has 3 heteroatoms. The van der Waals surface area contributed by atoms with E-state index in [-0.39, 0.29) is 12.0 Å². The Morgan fingerprint density at radius 2 is 2.05 bits per heavy atom. The Hall–Kier alpha value is -0.800. The van der Waals surface area contributed by atoms with E-state index in [1.807, 2.05) is 0 Å². The fourth-order valence-electron chi connectivity index (χ4n) is 2.64. The molecule has 0 aromatic carbocycles. The molecule has 108 valence electrons. The van der Waals surface area contributed by atoms with Crippen LogP contribution in [0.4, 0.5) is 0 Å². The van der Waals surface area contributed by atoms with E-state index in [0.29, 0.717) is 5.92 Å². The van der Waals surface area contributed by atoms with E-state index in [2.05, 4.69) is 38.2 Å². The highest BCUT2D eigenvalue weighted by Crippen LogP contribution is 2.47. The second kappa shape index (κ2) is 6.10. The first-order chi connectivity index (χ1) is 9.14. The number of nitrogens with one attached hydrogen (secondary N) is 1. The predicted octanol–water partition coefficient (Wildman–Crippen LogP) is 3.29. The Bertz CT molecular complexity index is 387. The lowest BCUT2D eigenvalue weighted by molar-refractivity contribution is 0.112. The van der Waals surface area contributed by atoms with Gasteiger partial charge in [-0.1, -0.05) is 20.8 Å². The van der Waals surface area contributed by atoms with Crippen molar-refractivity contribution in [3.8, 4) is 0 Å². The van der Waals surface area contributed by atoms with Gasteiger partial charge in [0.1, 0.15) is 11.5 Å². The Morgan fingerprint density at radius 3 is 2.58 bits per heavy atom. The summed E-state index contributed by atoms with van der Waals surface area (Å²) in [5.74, 6) is 3.59. The second-order valence-electron chi connectivity index (χ2n) is 6.09. The highest BCUT2D eigenvalue weighted by Gasteiger charge is 2.36. The topological polar surface area (TPSA) is 45.4 Å². The largest absolute Gasteiger partial charge is 0.464 e. The maximum absolute atomic E-state index is 9.52. The molecule has 0 spiro atoms. The van der Waals surface area contributed by atoms with Crippen LogP contribution in [0.25, 0.3) is 0 Å². The van der Waals surface area contributed by atoms with Gasteiger partial charge >= 0.3 is 0 Å². The predicted molar refractivity (Wildman–Crippen MR) is 77.0 cm³/mol. The third-order valence-corrected chi connectivity index (χ3v) is 4.79. The van der Waals surface area contributed by atoms with Gasteiger partial charge in [-0.2, -0.15) is 0 Å². The van der Waals surface area contributed by atoms with E-state index in [9.17, 15) is 5.11 Å². The van der Waals surface area contributed by atoms with Gasteiger partial charge in [0.2, 0.25) is 0 Å². The smallest absolute Gasteiger partial charge is 0.117 e. The molecular weight excluding hydrogens is 238 g/mol. The summed E-state index contributed by atoms with van der Waals surface area (Å²) in [6, 6.07) is 4.19. The third-order valence-electron chi connectivity index (χ3n) is 4.79. The van der Waals surface area contributed by atoms with Crippen molar-refractivity contribution < 1.29 is 9.52 Å². The summed E-state index contributed by atoms with van der Waals surface area (Å²) in [4.78, 5) is 0. The molecule has 1 fully saturated rings. The highest BCUT2D eigenvalue weighted by molar-refractivity contribution is 5.17. The molecule has 0 amide bonds. The van der Waals surface area contributed by atoms with Crippen LogP contribution in [0.5, 0.6) is 0 Å². The summed E-state index contributed by atoms with van der Waals surface area (Å²) in [7, 11) is 0. The lowest BCUT2D eigenvalue weighted by Gasteiger charge is -2.29. The normalized spacial score (nSPS) is 22.7. The van der Waals surface area contributed by atoms with Crippen molar-refractivity contribution in [2.24, 2.45) is 11.3 Å². The monoisotopic (exact) mass is 265 g/mol. The zero-order chi connectivity index (χ0) is 13.9. The first kappa shape index (κ1) is 14.6. The molecule has 19 heavy (non-hydrogen) atoms. The molecule has 0 radical (unpaired) electrons. The zero-order valence-corrected chi connectivity index (χ0v) is 12.4. The van der Waals surface area contributed by atoms with Gasteiger partial charge in [-0.15, -0.1) is 0 Å². The number of aliphatic hydroxyl groups excluding tert-OH is 1. The number of rotatable bonds is 8. The maximum atomic E-state index is 9.52. The average molecular weight is 265 g/mol. The van der Waals surface area contributed by atoms with E-state index < -0.39 is 0 Å². The Kier molecular flexibility index (Phi) is 4.69. The van der Waals surface area contributed by atoms with Crippen molar-refractivity contribution >= 4 is 0 Å². The molecule has 1 aliphatic rings. The Morgan fingerprint density at radius 1 is 1.37 bits per heavy atom. The van der Waals surface area contributed by atoms with E-state index in [0.717, 1.165) is 43.4 Å². The van der Waals surface area contributed by atoms with E-state index in [1.54, 1.807) is 0 Å². The van der Waals surface area contributed by atoms with Crippen molar-refractivity contribution in [1.82, 2.24) is 5.32 Å². The van der Waals surface area contributed by atoms with Crippen LogP contribution in [0.15, 0.2) is 16.5 Å². The van der Waals surface area contributed by atoms with Crippen molar-refractivity contribution in [2.75, 3.05) is 13.2 Å². The first-order valence-electron chi connectivity index (χ1n) is 7.54. The number of aliphatic hydroxyl groups is 1. The minimum absolute atomic E-state index is 0.0143. The lowest BCUT2D eigenvalue weighted by Crippen LogP contribution is -2.36. The van der Waals surface area contributed by atoms with Crippen LogP contribution >= 0.6 is 0 Å². The van der Waals surface area contributed by atoms with Gasteiger partial charge < -0.3 is 14.8 Å². The Balaban J connectivity index is 1.80. The van der Waals surface area contributed by atoms with Gasteiger partial charge in [0, 0.05) is 24.5 Å². The number of furan rings is 1. The van der Waals surface area contributed by atoms with Gasteiger partial charge in [-0.25, -0.2) is 0 Å². The van der Waals surface area contributed by atoms with Gasteiger partial charge in [0.15, 0.2) is 0 Å². The molecule has 1 heterocycles. The van der Waals surface area contributed by atoms with E-state index in [1.165, 1.54) is 6.42 Å². The highest BCUT2D eigenvalue weighted by atomic mass is 16.3.